The number of benzene rings is 2. The van der Waals surface area contributed by atoms with Gasteiger partial charge in [-0.3, -0.25) is 9.69 Å². The standard InChI is InChI=1S/C21H24N2O5/c1-27-17-10-15-8-9-23(12-16(15)11-18(17)28-2)13-19(24)22-20(21(25)26)14-6-4-3-5-7-14/h3-7,10-11,20H,8-9,12-13H2,1-2H3,(H,22,24)(H,25,26)/t20-/m0/s1. The molecule has 2 aromatic rings. The van der Waals surface area contributed by atoms with E-state index in [4.69, 9.17) is 9.47 Å². The highest BCUT2D eigenvalue weighted by molar-refractivity contribution is 5.85. The molecule has 1 aliphatic heterocycles. The normalized spacial score (nSPS) is 14.6. The Morgan fingerprint density at radius 2 is 1.75 bits per heavy atom. The van der Waals surface area contributed by atoms with Gasteiger partial charge in [0.1, 0.15) is 0 Å². The molecule has 7 heteroatoms. The molecule has 0 radical (unpaired) electrons. The summed E-state index contributed by atoms with van der Waals surface area (Å²) in [6.07, 6.45) is 0.782. The minimum absolute atomic E-state index is 0.129. The number of hydrogen-bond acceptors (Lipinski definition) is 5. The monoisotopic (exact) mass is 384 g/mol. The van der Waals surface area contributed by atoms with Crippen LogP contribution >= 0.6 is 0 Å². The Bertz CT molecular complexity index is 853. The molecule has 1 atom stereocenters. The number of rotatable bonds is 7. The molecule has 28 heavy (non-hydrogen) atoms. The van der Waals surface area contributed by atoms with Gasteiger partial charge in [0.15, 0.2) is 17.5 Å². The zero-order chi connectivity index (χ0) is 20.1. The van der Waals surface area contributed by atoms with Crippen molar-refractivity contribution in [2.75, 3.05) is 27.3 Å². The van der Waals surface area contributed by atoms with Crippen molar-refractivity contribution in [3.63, 3.8) is 0 Å². The smallest absolute Gasteiger partial charge is 0.330 e. The van der Waals surface area contributed by atoms with Crippen LogP contribution in [0.3, 0.4) is 0 Å². The summed E-state index contributed by atoms with van der Waals surface area (Å²) in [5, 5.41) is 12.1. The third kappa shape index (κ3) is 4.43. The number of aliphatic carboxylic acids is 1. The number of carboxylic acid groups (broad SMARTS) is 1. The lowest BCUT2D eigenvalue weighted by atomic mass is 9.98. The Morgan fingerprint density at radius 3 is 2.36 bits per heavy atom. The van der Waals surface area contributed by atoms with Crippen molar-refractivity contribution in [2.24, 2.45) is 0 Å². The fraction of sp³-hybridized carbons (Fsp3) is 0.333. The van der Waals surface area contributed by atoms with E-state index in [1.54, 1.807) is 44.6 Å². The van der Waals surface area contributed by atoms with Crippen molar-refractivity contribution >= 4 is 11.9 Å². The first-order chi connectivity index (χ1) is 13.5. The van der Waals surface area contributed by atoms with Crippen LogP contribution in [0.15, 0.2) is 42.5 Å². The number of methoxy groups -OCH3 is 2. The Kier molecular flexibility index (Phi) is 6.16. The highest BCUT2D eigenvalue weighted by Gasteiger charge is 2.25. The molecule has 0 bridgehead atoms. The summed E-state index contributed by atoms with van der Waals surface area (Å²) in [5.41, 5.74) is 2.79. The molecule has 1 amide bonds. The number of carboxylic acids is 1. The van der Waals surface area contributed by atoms with Crippen molar-refractivity contribution in [2.45, 2.75) is 19.0 Å². The van der Waals surface area contributed by atoms with Crippen LogP contribution in [0.1, 0.15) is 22.7 Å². The van der Waals surface area contributed by atoms with Gasteiger partial charge in [-0.1, -0.05) is 30.3 Å². The number of ether oxygens (including phenoxy) is 2. The molecule has 2 aromatic carbocycles. The van der Waals surface area contributed by atoms with Gasteiger partial charge >= 0.3 is 5.97 Å². The molecule has 0 saturated carbocycles. The predicted octanol–water partition coefficient (Wildman–Crippen LogP) is 2.00. The SMILES string of the molecule is COc1cc2c(cc1OC)CN(CC(=O)N[C@H](C(=O)O)c1ccccc1)CC2. The Balaban J connectivity index is 1.66. The minimum Gasteiger partial charge on any atom is -0.493 e. The second-order valence-corrected chi connectivity index (χ2v) is 6.69. The molecule has 3 rings (SSSR count). The van der Waals surface area contributed by atoms with E-state index < -0.39 is 12.0 Å². The average molecular weight is 384 g/mol. The largest absolute Gasteiger partial charge is 0.493 e. The van der Waals surface area contributed by atoms with E-state index in [9.17, 15) is 14.7 Å². The second kappa shape index (κ2) is 8.75. The maximum absolute atomic E-state index is 12.5. The summed E-state index contributed by atoms with van der Waals surface area (Å²) in [7, 11) is 3.20. The van der Waals surface area contributed by atoms with Crippen LogP contribution in [0.25, 0.3) is 0 Å². The first-order valence-electron chi connectivity index (χ1n) is 9.05. The minimum atomic E-state index is -1.08. The highest BCUT2D eigenvalue weighted by Crippen LogP contribution is 2.33. The fourth-order valence-corrected chi connectivity index (χ4v) is 3.42. The number of carbonyl (C=O) groups excluding carboxylic acids is 1. The van der Waals surface area contributed by atoms with E-state index in [-0.39, 0.29) is 12.5 Å². The van der Waals surface area contributed by atoms with E-state index >= 15 is 0 Å². The molecule has 0 unspecified atom stereocenters. The van der Waals surface area contributed by atoms with E-state index in [0.29, 0.717) is 30.2 Å². The number of nitrogens with zero attached hydrogens (tertiary/aromatic N) is 1. The molecule has 0 fully saturated rings. The van der Waals surface area contributed by atoms with E-state index in [2.05, 4.69) is 5.32 Å². The number of nitrogens with one attached hydrogen (secondary N) is 1. The summed E-state index contributed by atoms with van der Waals surface area (Å²) in [6, 6.07) is 11.5. The summed E-state index contributed by atoms with van der Waals surface area (Å²) in [6.45, 7) is 1.43. The number of fused-ring (bicyclic) bond motifs is 1. The third-order valence-electron chi connectivity index (χ3n) is 4.85. The van der Waals surface area contributed by atoms with Crippen molar-refractivity contribution in [1.29, 1.82) is 0 Å². The van der Waals surface area contributed by atoms with E-state index in [1.165, 1.54) is 5.56 Å². The number of carbonyl (C=O) groups is 2. The molecule has 148 valence electrons. The number of amides is 1. The molecule has 1 heterocycles. The molecular weight excluding hydrogens is 360 g/mol. The summed E-state index contributed by atoms with van der Waals surface area (Å²) < 4.78 is 10.7. The van der Waals surface area contributed by atoms with Crippen LogP contribution in [0.5, 0.6) is 11.5 Å². The first kappa shape index (κ1) is 19.7. The van der Waals surface area contributed by atoms with Gasteiger partial charge in [-0.2, -0.15) is 0 Å². The van der Waals surface area contributed by atoms with Crippen LogP contribution in [-0.2, 0) is 22.6 Å². The van der Waals surface area contributed by atoms with Crippen molar-refractivity contribution < 1.29 is 24.2 Å². The maximum Gasteiger partial charge on any atom is 0.330 e. The van der Waals surface area contributed by atoms with E-state index in [1.807, 2.05) is 17.0 Å². The van der Waals surface area contributed by atoms with E-state index in [0.717, 1.165) is 12.0 Å². The summed E-state index contributed by atoms with van der Waals surface area (Å²) in [4.78, 5) is 26.0. The van der Waals surface area contributed by atoms with Gasteiger partial charge in [-0.25, -0.2) is 4.79 Å². The average Bonchev–Trinajstić information content (AvgIpc) is 2.71. The molecule has 0 aliphatic carbocycles. The highest BCUT2D eigenvalue weighted by atomic mass is 16.5. The lowest BCUT2D eigenvalue weighted by Gasteiger charge is -2.29. The Labute approximate surface area is 163 Å². The molecule has 0 aromatic heterocycles. The lowest BCUT2D eigenvalue weighted by molar-refractivity contribution is -0.142. The van der Waals surface area contributed by atoms with Gasteiger partial charge in [-0.15, -0.1) is 0 Å². The van der Waals surface area contributed by atoms with Crippen LogP contribution in [-0.4, -0.2) is 49.2 Å². The summed E-state index contributed by atoms with van der Waals surface area (Å²) in [5.74, 6) is -0.0530. The van der Waals surface area contributed by atoms with Crippen molar-refractivity contribution in [3.05, 3.63) is 59.2 Å². The maximum atomic E-state index is 12.5. The number of hydrogen-bond donors (Lipinski definition) is 2. The second-order valence-electron chi connectivity index (χ2n) is 6.69. The topological polar surface area (TPSA) is 88.1 Å². The fourth-order valence-electron chi connectivity index (χ4n) is 3.42. The van der Waals surface area contributed by atoms with Crippen molar-refractivity contribution in [3.8, 4) is 11.5 Å². The van der Waals surface area contributed by atoms with Crippen LogP contribution < -0.4 is 14.8 Å². The van der Waals surface area contributed by atoms with Crippen LogP contribution in [0.2, 0.25) is 0 Å². The Hall–Kier alpha value is -3.06. The Morgan fingerprint density at radius 1 is 1.11 bits per heavy atom. The zero-order valence-electron chi connectivity index (χ0n) is 16.0. The summed E-state index contributed by atoms with van der Waals surface area (Å²) >= 11 is 0. The molecule has 1 aliphatic rings. The predicted molar refractivity (Wildman–Crippen MR) is 103 cm³/mol. The molecular formula is C21H24N2O5. The third-order valence-corrected chi connectivity index (χ3v) is 4.85. The van der Waals surface area contributed by atoms with Gasteiger partial charge < -0.3 is 19.9 Å². The van der Waals surface area contributed by atoms with Gasteiger partial charge in [0.2, 0.25) is 5.91 Å². The van der Waals surface area contributed by atoms with Gasteiger partial charge in [0.25, 0.3) is 0 Å². The zero-order valence-corrected chi connectivity index (χ0v) is 16.0. The van der Waals surface area contributed by atoms with Crippen molar-refractivity contribution in [1.82, 2.24) is 10.2 Å². The first-order valence-corrected chi connectivity index (χ1v) is 9.05. The van der Waals surface area contributed by atoms with Crippen LogP contribution in [0.4, 0.5) is 0 Å². The molecule has 0 saturated heterocycles. The molecule has 2 N–H and O–H groups in total. The van der Waals surface area contributed by atoms with Crippen LogP contribution in [0, 0.1) is 0 Å². The van der Waals surface area contributed by atoms with Gasteiger partial charge in [0.05, 0.1) is 20.8 Å². The molecule has 0 spiro atoms. The lowest BCUT2D eigenvalue weighted by Crippen LogP contribution is -2.42. The van der Waals surface area contributed by atoms with Gasteiger partial charge in [0, 0.05) is 13.1 Å². The van der Waals surface area contributed by atoms with Gasteiger partial charge in [-0.05, 0) is 35.2 Å². The quantitative estimate of drug-likeness (QED) is 0.759. The molecule has 7 nitrogen and oxygen atoms in total.